The minimum atomic E-state index is -1.23. The van der Waals surface area contributed by atoms with Gasteiger partial charge in [0.1, 0.15) is 23.4 Å². The minimum Gasteiger partial charge on any atom is -0.495 e. The van der Waals surface area contributed by atoms with Crippen molar-refractivity contribution in [2.24, 2.45) is 5.73 Å². The van der Waals surface area contributed by atoms with Gasteiger partial charge < -0.3 is 26.2 Å². The summed E-state index contributed by atoms with van der Waals surface area (Å²) in [5.74, 6) is -2.82. The molecule has 0 saturated heterocycles. The summed E-state index contributed by atoms with van der Waals surface area (Å²) in [6.45, 7) is 4.39. The molecule has 1 heterocycles. The molecule has 1 aromatic heterocycles. The number of carbonyl (C=O) groups excluding carboxylic acids is 1. The summed E-state index contributed by atoms with van der Waals surface area (Å²) in [5.41, 5.74) is 6.85. The molecule has 1 amide bonds. The lowest BCUT2D eigenvalue weighted by atomic mass is 9.81. The number of aliphatic carboxylic acids is 1. The quantitative estimate of drug-likeness (QED) is 0.0382. The molecule has 0 bridgehead atoms. The maximum Gasteiger partial charge on any atom is 0.326 e. The van der Waals surface area contributed by atoms with E-state index in [1.165, 1.54) is 37.1 Å². The molecule has 3 aromatic carbocycles. The molecule has 49 heavy (non-hydrogen) atoms. The summed E-state index contributed by atoms with van der Waals surface area (Å²) in [7, 11) is 1.53. The van der Waals surface area contributed by atoms with Crippen LogP contribution in [0.3, 0.4) is 0 Å². The number of carbonyl (C=O) groups is 2. The number of methoxy groups -OCH3 is 1. The van der Waals surface area contributed by atoms with E-state index in [1.807, 2.05) is 30.5 Å². The van der Waals surface area contributed by atoms with E-state index in [4.69, 9.17) is 39.1 Å². The lowest BCUT2D eigenvalue weighted by Gasteiger charge is -2.28. The standard InChI is InChI=1S/C34H36Cl2F2N6O4S/c1-34(2,20-7-12-24(35)28(16-20)48-3)29-17-42-33(44(29)22-10-8-21(37)9-11-22)49-18-23-25(36)14-19(15-26(23)38)30(45)43-27(31(46)47)6-4-5-13-41-32(39)40/h7-12,14-17,27H,4-6,13,18H2,1-3H3,(H,43,45)(H,46,47)(H4,39,40,41). The number of amides is 1. The van der Waals surface area contributed by atoms with Crippen LogP contribution in [0.15, 0.2) is 66.0 Å². The van der Waals surface area contributed by atoms with Gasteiger partial charge >= 0.3 is 5.97 Å². The second kappa shape index (κ2) is 16.4. The first-order chi connectivity index (χ1) is 23.2. The number of aromatic nitrogens is 2. The fourth-order valence-corrected chi connectivity index (χ4v) is 6.69. The third kappa shape index (κ3) is 9.22. The van der Waals surface area contributed by atoms with Crippen LogP contribution in [0, 0.1) is 17.0 Å². The normalized spacial score (nSPS) is 12.0. The van der Waals surface area contributed by atoms with E-state index in [9.17, 15) is 19.1 Å². The molecule has 0 aliphatic rings. The third-order valence-corrected chi connectivity index (χ3v) is 9.54. The second-order valence-electron chi connectivity index (χ2n) is 11.6. The number of thioether (sulfide) groups is 1. The number of imidazole rings is 1. The topological polar surface area (TPSA) is 155 Å². The number of hydrogen-bond acceptors (Lipinski definition) is 6. The predicted molar refractivity (Wildman–Crippen MR) is 187 cm³/mol. The van der Waals surface area contributed by atoms with Crippen molar-refractivity contribution in [1.29, 1.82) is 5.41 Å². The van der Waals surface area contributed by atoms with Crippen molar-refractivity contribution in [3.8, 4) is 11.4 Å². The number of guanidine groups is 1. The fourth-order valence-electron chi connectivity index (χ4n) is 5.12. The molecule has 6 N–H and O–H groups in total. The largest absolute Gasteiger partial charge is 0.495 e. The maximum absolute atomic E-state index is 15.5. The highest BCUT2D eigenvalue weighted by Gasteiger charge is 2.31. The van der Waals surface area contributed by atoms with Gasteiger partial charge in [-0.3, -0.25) is 14.8 Å². The molecule has 0 saturated carbocycles. The monoisotopic (exact) mass is 732 g/mol. The first kappa shape index (κ1) is 37.5. The second-order valence-corrected chi connectivity index (χ2v) is 13.4. The van der Waals surface area contributed by atoms with Gasteiger partial charge in [0, 0.05) is 39.5 Å². The molecule has 0 aliphatic heterocycles. The van der Waals surface area contributed by atoms with Gasteiger partial charge in [-0.1, -0.05) is 54.9 Å². The van der Waals surface area contributed by atoms with E-state index in [-0.39, 0.29) is 34.3 Å². The van der Waals surface area contributed by atoms with Gasteiger partial charge in [0.2, 0.25) is 0 Å². The van der Waals surface area contributed by atoms with Gasteiger partial charge in [-0.05, 0) is 73.4 Å². The highest BCUT2D eigenvalue weighted by atomic mass is 35.5. The number of unbranched alkanes of at least 4 members (excludes halogenated alkanes) is 1. The van der Waals surface area contributed by atoms with Gasteiger partial charge in [0.25, 0.3) is 5.91 Å². The fraction of sp³-hybridized carbons (Fsp3) is 0.294. The number of nitrogens with zero attached hydrogens (tertiary/aromatic N) is 2. The van der Waals surface area contributed by atoms with Crippen molar-refractivity contribution < 1.29 is 28.2 Å². The molecular weight excluding hydrogens is 697 g/mol. The van der Waals surface area contributed by atoms with Gasteiger partial charge in [0.05, 0.1) is 24.0 Å². The summed E-state index contributed by atoms with van der Waals surface area (Å²) >= 11 is 14.0. The van der Waals surface area contributed by atoms with Crippen LogP contribution >= 0.6 is 35.0 Å². The van der Waals surface area contributed by atoms with Crippen molar-refractivity contribution in [1.82, 2.24) is 20.2 Å². The molecule has 1 atom stereocenters. The van der Waals surface area contributed by atoms with Crippen LogP contribution in [-0.2, 0) is 16.0 Å². The molecule has 260 valence electrons. The maximum atomic E-state index is 15.5. The number of halogens is 4. The Labute approximate surface area is 296 Å². The van der Waals surface area contributed by atoms with Gasteiger partial charge in [-0.2, -0.15) is 0 Å². The molecule has 10 nitrogen and oxygen atoms in total. The van der Waals surface area contributed by atoms with Crippen molar-refractivity contribution in [2.45, 2.75) is 55.5 Å². The number of ether oxygens (including phenoxy) is 1. The number of nitrogens with two attached hydrogens (primary N) is 1. The Kier molecular flexibility index (Phi) is 12.5. The zero-order valence-corrected chi connectivity index (χ0v) is 29.3. The smallest absolute Gasteiger partial charge is 0.326 e. The van der Waals surface area contributed by atoms with Crippen molar-refractivity contribution in [3.05, 3.63) is 105 Å². The summed E-state index contributed by atoms with van der Waals surface area (Å²) in [5, 5.41) is 22.7. The number of benzene rings is 3. The summed E-state index contributed by atoms with van der Waals surface area (Å²) in [4.78, 5) is 29.3. The third-order valence-electron chi connectivity index (χ3n) is 7.91. The van der Waals surface area contributed by atoms with Gasteiger partial charge in [-0.25, -0.2) is 18.6 Å². The van der Waals surface area contributed by atoms with E-state index in [1.54, 1.807) is 24.4 Å². The van der Waals surface area contributed by atoms with Gasteiger partial charge in [-0.15, -0.1) is 0 Å². The van der Waals surface area contributed by atoms with E-state index in [2.05, 4.69) is 15.6 Å². The van der Waals surface area contributed by atoms with E-state index >= 15 is 4.39 Å². The zero-order valence-electron chi connectivity index (χ0n) is 27.0. The number of carboxylic acid groups (broad SMARTS) is 1. The molecule has 4 aromatic rings. The molecular formula is C34H36Cl2F2N6O4S. The SMILES string of the molecule is COc1cc(C(C)(C)c2cnc(SCc3c(F)cc(C(=O)NC(CCCCNC(=N)N)C(=O)O)cc3Cl)n2-c2ccc(F)cc2)ccc1Cl. The number of nitrogens with one attached hydrogen (secondary N) is 3. The van der Waals surface area contributed by atoms with Crippen LogP contribution in [0.5, 0.6) is 5.75 Å². The van der Waals surface area contributed by atoms with E-state index < -0.39 is 35.0 Å². The Morgan fingerprint density at radius 3 is 2.45 bits per heavy atom. The molecule has 0 aliphatic carbocycles. The average molecular weight is 734 g/mol. The zero-order chi connectivity index (χ0) is 35.9. The van der Waals surface area contributed by atoms with Crippen LogP contribution < -0.4 is 21.1 Å². The molecule has 1 unspecified atom stereocenters. The van der Waals surface area contributed by atoms with E-state index in [0.29, 0.717) is 41.0 Å². The van der Waals surface area contributed by atoms with Crippen molar-refractivity contribution in [3.63, 3.8) is 0 Å². The van der Waals surface area contributed by atoms with Crippen LogP contribution in [0.4, 0.5) is 8.78 Å². The van der Waals surface area contributed by atoms with Crippen LogP contribution in [0.25, 0.3) is 5.69 Å². The highest BCUT2D eigenvalue weighted by molar-refractivity contribution is 7.98. The Balaban J connectivity index is 1.57. The first-order valence-electron chi connectivity index (χ1n) is 15.1. The summed E-state index contributed by atoms with van der Waals surface area (Å²) in [6, 6.07) is 12.5. The Bertz CT molecular complexity index is 1810. The highest BCUT2D eigenvalue weighted by Crippen LogP contribution is 2.39. The lowest BCUT2D eigenvalue weighted by molar-refractivity contribution is -0.139. The summed E-state index contributed by atoms with van der Waals surface area (Å²) in [6.07, 6.45) is 2.79. The molecule has 15 heteroatoms. The van der Waals surface area contributed by atoms with Crippen LogP contribution in [0.2, 0.25) is 10.0 Å². The number of carboxylic acids is 1. The predicted octanol–water partition coefficient (Wildman–Crippen LogP) is 6.92. The first-order valence-corrected chi connectivity index (χ1v) is 16.9. The molecule has 0 spiro atoms. The van der Waals surface area contributed by atoms with E-state index in [0.717, 1.165) is 17.3 Å². The van der Waals surface area contributed by atoms with Crippen molar-refractivity contribution in [2.75, 3.05) is 13.7 Å². The number of hydrogen-bond donors (Lipinski definition) is 5. The average Bonchev–Trinajstić information content (AvgIpc) is 3.48. The Hall–Kier alpha value is -4.33. The minimum absolute atomic E-state index is 0.0199. The summed E-state index contributed by atoms with van der Waals surface area (Å²) < 4.78 is 36.7. The Morgan fingerprint density at radius 1 is 1.10 bits per heavy atom. The lowest BCUT2D eigenvalue weighted by Crippen LogP contribution is -2.41. The molecule has 0 radical (unpaired) electrons. The molecule has 0 fully saturated rings. The van der Waals surface area contributed by atoms with Crippen LogP contribution in [0.1, 0.15) is 60.3 Å². The van der Waals surface area contributed by atoms with Crippen molar-refractivity contribution >= 4 is 52.8 Å². The molecule has 4 rings (SSSR count). The number of rotatable bonds is 15. The Morgan fingerprint density at radius 2 is 1.82 bits per heavy atom. The van der Waals surface area contributed by atoms with Gasteiger partial charge in [0.15, 0.2) is 11.1 Å². The van der Waals surface area contributed by atoms with Crippen LogP contribution in [-0.4, -0.2) is 52.2 Å².